The van der Waals surface area contributed by atoms with Crippen molar-refractivity contribution < 1.29 is 18.4 Å². The summed E-state index contributed by atoms with van der Waals surface area (Å²) in [7, 11) is 1.64. The van der Waals surface area contributed by atoms with Crippen LogP contribution in [0.1, 0.15) is 22.8 Å². The van der Waals surface area contributed by atoms with Crippen molar-refractivity contribution in [3.8, 4) is 5.75 Å². The largest absolute Gasteiger partial charge is 0.485 e. The molecule has 0 saturated carbocycles. The minimum atomic E-state index is -0.326. The number of aromatic nitrogens is 2. The molecule has 7 nitrogen and oxygen atoms in total. The molecule has 0 aliphatic carbocycles. The second-order valence-electron chi connectivity index (χ2n) is 6.85. The molecule has 1 aromatic heterocycles. The minimum absolute atomic E-state index is 0.0427. The molecule has 0 fully saturated rings. The maximum atomic E-state index is 13.0. The molecular formula is C21H21FN4O3. The molecule has 2 aromatic carbocycles. The van der Waals surface area contributed by atoms with Crippen molar-refractivity contribution >= 4 is 5.91 Å². The van der Waals surface area contributed by atoms with Crippen LogP contribution in [0.15, 0.2) is 53.1 Å². The second kappa shape index (κ2) is 8.40. The van der Waals surface area contributed by atoms with E-state index >= 15 is 0 Å². The van der Waals surface area contributed by atoms with Crippen LogP contribution in [0.25, 0.3) is 0 Å². The van der Waals surface area contributed by atoms with E-state index in [0.717, 1.165) is 0 Å². The van der Waals surface area contributed by atoms with Crippen molar-refractivity contribution in [2.45, 2.75) is 32.2 Å². The van der Waals surface area contributed by atoms with Crippen LogP contribution in [0.2, 0.25) is 0 Å². The number of rotatable bonds is 6. The highest BCUT2D eigenvalue weighted by atomic mass is 19.1. The number of nitrogens with zero attached hydrogens (tertiary/aromatic N) is 3. The van der Waals surface area contributed by atoms with E-state index in [2.05, 4.69) is 27.6 Å². The number of hydrogen-bond donors (Lipinski definition) is 1. The first kappa shape index (κ1) is 19.1. The molecule has 1 N–H and O–H groups in total. The summed E-state index contributed by atoms with van der Waals surface area (Å²) in [5.41, 5.74) is 2.36. The third-order valence-electron chi connectivity index (χ3n) is 4.92. The molecule has 1 aliphatic rings. The van der Waals surface area contributed by atoms with Gasteiger partial charge in [0.15, 0.2) is 6.61 Å². The predicted molar refractivity (Wildman–Crippen MR) is 102 cm³/mol. The van der Waals surface area contributed by atoms with Crippen LogP contribution < -0.4 is 10.1 Å². The van der Waals surface area contributed by atoms with Crippen molar-refractivity contribution in [1.82, 2.24) is 20.4 Å². The Balaban J connectivity index is 1.43. The van der Waals surface area contributed by atoms with Crippen LogP contribution in [0.5, 0.6) is 5.75 Å². The van der Waals surface area contributed by atoms with Crippen LogP contribution in [-0.4, -0.2) is 34.0 Å². The van der Waals surface area contributed by atoms with Crippen LogP contribution in [0.3, 0.4) is 0 Å². The number of halogens is 1. The molecule has 150 valence electrons. The number of carbonyl (C=O) groups is 1. The predicted octanol–water partition coefficient (Wildman–Crippen LogP) is 2.46. The molecule has 2 heterocycles. The fraction of sp³-hybridized carbons (Fsp3) is 0.286. The Kier molecular flexibility index (Phi) is 5.53. The summed E-state index contributed by atoms with van der Waals surface area (Å²) >= 11 is 0. The fourth-order valence-electron chi connectivity index (χ4n) is 3.43. The normalized spacial score (nSPS) is 16.3. The van der Waals surface area contributed by atoms with Crippen molar-refractivity contribution in [1.29, 1.82) is 0 Å². The standard InChI is InChI=1S/C21H21FN4O3/c1-23-21(27)18-10-14-4-2-3-5-15(14)11-26(18)12-20-24-19(25-29-20)13-28-17-8-6-16(22)7-9-17/h2-9,18H,10-13H2,1H3,(H,23,27). The van der Waals surface area contributed by atoms with Gasteiger partial charge in [0.1, 0.15) is 11.6 Å². The fourth-order valence-corrected chi connectivity index (χ4v) is 3.43. The topological polar surface area (TPSA) is 80.5 Å². The Labute approximate surface area is 167 Å². The molecule has 1 unspecified atom stereocenters. The van der Waals surface area contributed by atoms with Crippen molar-refractivity contribution in [2.75, 3.05) is 7.05 Å². The zero-order valence-electron chi connectivity index (χ0n) is 16.0. The summed E-state index contributed by atoms with van der Waals surface area (Å²) in [5.74, 6) is 0.950. The van der Waals surface area contributed by atoms with Crippen LogP contribution in [0.4, 0.5) is 4.39 Å². The maximum Gasteiger partial charge on any atom is 0.240 e. The number of carbonyl (C=O) groups excluding carboxylic acids is 1. The van der Waals surface area contributed by atoms with Gasteiger partial charge in [-0.15, -0.1) is 0 Å². The number of nitrogens with one attached hydrogen (secondary N) is 1. The number of ether oxygens (including phenoxy) is 1. The van der Waals surface area contributed by atoms with Crippen molar-refractivity contribution in [2.24, 2.45) is 0 Å². The van der Waals surface area contributed by atoms with E-state index in [9.17, 15) is 9.18 Å². The lowest BCUT2D eigenvalue weighted by Crippen LogP contribution is -2.49. The number of amides is 1. The molecule has 1 amide bonds. The van der Waals surface area contributed by atoms with E-state index in [-0.39, 0.29) is 24.4 Å². The zero-order chi connectivity index (χ0) is 20.2. The van der Waals surface area contributed by atoms with Gasteiger partial charge in [-0.05, 0) is 41.8 Å². The van der Waals surface area contributed by atoms with Gasteiger partial charge in [-0.3, -0.25) is 9.69 Å². The summed E-state index contributed by atoms with van der Waals surface area (Å²) in [5, 5.41) is 6.67. The highest BCUT2D eigenvalue weighted by Gasteiger charge is 2.32. The first-order valence-electron chi connectivity index (χ1n) is 9.34. The summed E-state index contributed by atoms with van der Waals surface area (Å²) < 4.78 is 23.8. The van der Waals surface area contributed by atoms with Crippen molar-refractivity contribution in [3.05, 3.63) is 77.2 Å². The van der Waals surface area contributed by atoms with Crippen LogP contribution in [-0.2, 0) is 30.9 Å². The van der Waals surface area contributed by atoms with Gasteiger partial charge in [0, 0.05) is 13.6 Å². The van der Waals surface area contributed by atoms with E-state index in [1.54, 1.807) is 7.05 Å². The van der Waals surface area contributed by atoms with Gasteiger partial charge in [-0.2, -0.15) is 4.98 Å². The number of hydrogen-bond acceptors (Lipinski definition) is 6. The lowest BCUT2D eigenvalue weighted by molar-refractivity contribution is -0.127. The minimum Gasteiger partial charge on any atom is -0.485 e. The number of benzene rings is 2. The average Bonchev–Trinajstić information content (AvgIpc) is 3.19. The van der Waals surface area contributed by atoms with Crippen LogP contribution >= 0.6 is 0 Å². The third-order valence-corrected chi connectivity index (χ3v) is 4.92. The van der Waals surface area contributed by atoms with Crippen LogP contribution in [0, 0.1) is 5.82 Å². The Morgan fingerprint density at radius 3 is 2.76 bits per heavy atom. The molecule has 8 heteroatoms. The van der Waals surface area contributed by atoms with Gasteiger partial charge in [0.25, 0.3) is 0 Å². The lowest BCUT2D eigenvalue weighted by atomic mass is 9.93. The molecule has 4 rings (SSSR count). The first-order chi connectivity index (χ1) is 14.1. The van der Waals surface area contributed by atoms with Gasteiger partial charge < -0.3 is 14.6 Å². The molecule has 1 atom stereocenters. The Hall–Kier alpha value is -3.26. The van der Waals surface area contributed by atoms with Gasteiger partial charge in [0.2, 0.25) is 17.6 Å². The van der Waals surface area contributed by atoms with E-state index < -0.39 is 0 Å². The molecule has 0 radical (unpaired) electrons. The summed E-state index contributed by atoms with van der Waals surface area (Å²) in [6, 6.07) is 13.5. The SMILES string of the molecule is CNC(=O)C1Cc2ccccc2CN1Cc1nc(COc2ccc(F)cc2)no1. The molecule has 29 heavy (non-hydrogen) atoms. The number of fused-ring (bicyclic) bond motifs is 1. The second-order valence-corrected chi connectivity index (χ2v) is 6.85. The lowest BCUT2D eigenvalue weighted by Gasteiger charge is -2.34. The van der Waals surface area contributed by atoms with Gasteiger partial charge >= 0.3 is 0 Å². The van der Waals surface area contributed by atoms with E-state index in [1.807, 2.05) is 17.0 Å². The maximum absolute atomic E-state index is 13.0. The van der Waals surface area contributed by atoms with Gasteiger partial charge in [0.05, 0.1) is 12.6 Å². The first-order valence-corrected chi connectivity index (χ1v) is 9.34. The molecular weight excluding hydrogens is 375 g/mol. The van der Waals surface area contributed by atoms with Gasteiger partial charge in [-0.1, -0.05) is 29.4 Å². The van der Waals surface area contributed by atoms with Crippen molar-refractivity contribution in [3.63, 3.8) is 0 Å². The molecule has 3 aromatic rings. The Morgan fingerprint density at radius 2 is 2.00 bits per heavy atom. The third kappa shape index (κ3) is 4.43. The number of likely N-dealkylation sites (N-methyl/N-ethyl adjacent to an activating group) is 1. The molecule has 0 bridgehead atoms. The quantitative estimate of drug-likeness (QED) is 0.690. The smallest absolute Gasteiger partial charge is 0.240 e. The van der Waals surface area contributed by atoms with E-state index in [0.29, 0.717) is 37.0 Å². The monoisotopic (exact) mass is 396 g/mol. The average molecular weight is 396 g/mol. The van der Waals surface area contributed by atoms with E-state index in [1.165, 1.54) is 35.4 Å². The summed E-state index contributed by atoms with van der Waals surface area (Å²) in [6.07, 6.45) is 0.629. The highest BCUT2D eigenvalue weighted by molar-refractivity contribution is 5.82. The summed E-state index contributed by atoms with van der Waals surface area (Å²) in [4.78, 5) is 18.8. The molecule has 1 aliphatic heterocycles. The molecule has 0 saturated heterocycles. The Bertz CT molecular complexity index is 990. The van der Waals surface area contributed by atoms with Gasteiger partial charge in [-0.25, -0.2) is 4.39 Å². The van der Waals surface area contributed by atoms with E-state index in [4.69, 9.17) is 9.26 Å². The Morgan fingerprint density at radius 1 is 1.24 bits per heavy atom. The summed E-state index contributed by atoms with van der Waals surface area (Å²) in [6.45, 7) is 1.09. The molecule has 0 spiro atoms. The zero-order valence-corrected chi connectivity index (χ0v) is 16.0. The highest BCUT2D eigenvalue weighted by Crippen LogP contribution is 2.25.